The molecule has 1 heterocycles. The molecular weight excluding hydrogens is 278 g/mol. The Hall–Kier alpha value is -1.78. The summed E-state index contributed by atoms with van der Waals surface area (Å²) in [6.45, 7) is 8.24. The number of aryl methyl sites for hydroxylation is 1. The number of alkyl carbamates (subject to hydrolysis) is 1. The average Bonchev–Trinajstić information content (AvgIpc) is 2.84. The van der Waals surface area contributed by atoms with Crippen LogP contribution in [0.15, 0.2) is 18.3 Å². The van der Waals surface area contributed by atoms with E-state index in [0.717, 1.165) is 24.2 Å². The lowest BCUT2D eigenvalue weighted by atomic mass is 10.0. The van der Waals surface area contributed by atoms with Gasteiger partial charge in [-0.3, -0.25) is 4.98 Å². The molecule has 22 heavy (non-hydrogen) atoms. The van der Waals surface area contributed by atoms with Crippen molar-refractivity contribution in [2.45, 2.75) is 58.6 Å². The molecule has 1 saturated carbocycles. The molecule has 1 aliphatic rings. The fourth-order valence-corrected chi connectivity index (χ4v) is 2.77. The second kappa shape index (κ2) is 6.99. The lowest BCUT2D eigenvalue weighted by Gasteiger charge is -2.24. The lowest BCUT2D eigenvalue weighted by molar-refractivity contribution is 0.0519. The molecule has 1 aromatic rings. The number of nitrogens with one attached hydrogen (secondary N) is 2. The summed E-state index contributed by atoms with van der Waals surface area (Å²) in [6, 6.07) is 4.43. The van der Waals surface area contributed by atoms with Gasteiger partial charge in [0.15, 0.2) is 0 Å². The summed E-state index contributed by atoms with van der Waals surface area (Å²) in [5.41, 5.74) is 1.60. The minimum Gasteiger partial charge on any atom is -0.444 e. The van der Waals surface area contributed by atoms with E-state index in [-0.39, 0.29) is 6.09 Å². The van der Waals surface area contributed by atoms with Crippen LogP contribution in [0.5, 0.6) is 0 Å². The van der Waals surface area contributed by atoms with Crippen LogP contribution in [-0.2, 0) is 4.74 Å². The van der Waals surface area contributed by atoms with Crippen LogP contribution in [0, 0.1) is 12.8 Å². The van der Waals surface area contributed by atoms with Crippen molar-refractivity contribution in [1.29, 1.82) is 0 Å². The van der Waals surface area contributed by atoms with Gasteiger partial charge in [0, 0.05) is 18.3 Å². The summed E-state index contributed by atoms with van der Waals surface area (Å²) in [4.78, 5) is 16.1. The monoisotopic (exact) mass is 305 g/mol. The van der Waals surface area contributed by atoms with Gasteiger partial charge in [-0.05, 0) is 58.6 Å². The molecule has 122 valence electrons. The van der Waals surface area contributed by atoms with Crippen LogP contribution >= 0.6 is 0 Å². The number of carbonyl (C=O) groups excluding carboxylic acids is 1. The third kappa shape index (κ3) is 5.20. The number of aromatic nitrogens is 1. The zero-order chi connectivity index (χ0) is 16.2. The highest BCUT2D eigenvalue weighted by Crippen LogP contribution is 2.28. The average molecular weight is 305 g/mol. The third-order valence-corrected chi connectivity index (χ3v) is 3.83. The summed E-state index contributed by atoms with van der Waals surface area (Å²) in [5.74, 6) is 0.425. The number of hydrogen-bond acceptors (Lipinski definition) is 4. The maximum absolute atomic E-state index is 11.8. The Morgan fingerprint density at radius 3 is 2.77 bits per heavy atom. The standard InChI is InChI=1S/C17H27N3O2/c1-12-8-9-14(11-18-12)20-15-7-5-6-13(15)10-19-16(21)22-17(2,3)4/h8-9,11,13,15,20H,5-7,10H2,1-4H3,(H,19,21). The minimum absolute atomic E-state index is 0.338. The zero-order valence-corrected chi connectivity index (χ0v) is 14.0. The van der Waals surface area contributed by atoms with Gasteiger partial charge in [0.1, 0.15) is 5.60 Å². The van der Waals surface area contributed by atoms with Gasteiger partial charge in [-0.25, -0.2) is 4.79 Å². The highest BCUT2D eigenvalue weighted by Gasteiger charge is 2.28. The van der Waals surface area contributed by atoms with Crippen molar-refractivity contribution in [3.05, 3.63) is 24.0 Å². The van der Waals surface area contributed by atoms with Crippen molar-refractivity contribution in [2.75, 3.05) is 11.9 Å². The maximum atomic E-state index is 11.8. The first kappa shape index (κ1) is 16.6. The Morgan fingerprint density at radius 2 is 2.14 bits per heavy atom. The first-order valence-corrected chi connectivity index (χ1v) is 7.99. The summed E-state index contributed by atoms with van der Waals surface area (Å²) < 4.78 is 5.28. The molecule has 1 aliphatic carbocycles. The molecule has 5 nitrogen and oxygen atoms in total. The van der Waals surface area contributed by atoms with Crippen molar-refractivity contribution in [1.82, 2.24) is 10.3 Å². The van der Waals surface area contributed by atoms with Gasteiger partial charge >= 0.3 is 6.09 Å². The largest absolute Gasteiger partial charge is 0.444 e. The number of hydrogen-bond donors (Lipinski definition) is 2. The van der Waals surface area contributed by atoms with Gasteiger partial charge in [-0.15, -0.1) is 0 Å². The summed E-state index contributed by atoms with van der Waals surface area (Å²) in [5, 5.41) is 6.42. The van der Waals surface area contributed by atoms with Crippen LogP contribution < -0.4 is 10.6 Å². The molecule has 0 radical (unpaired) electrons. The molecule has 2 unspecified atom stereocenters. The molecule has 0 bridgehead atoms. The van der Waals surface area contributed by atoms with E-state index in [9.17, 15) is 4.79 Å². The van der Waals surface area contributed by atoms with Crippen LogP contribution in [0.2, 0.25) is 0 Å². The first-order valence-electron chi connectivity index (χ1n) is 7.99. The summed E-state index contributed by atoms with van der Waals surface area (Å²) in [6.07, 6.45) is 4.94. The Labute approximate surface area is 132 Å². The molecule has 1 fully saturated rings. The summed E-state index contributed by atoms with van der Waals surface area (Å²) in [7, 11) is 0. The van der Waals surface area contributed by atoms with Crippen LogP contribution in [-0.4, -0.2) is 29.3 Å². The molecule has 0 aliphatic heterocycles. The quantitative estimate of drug-likeness (QED) is 0.893. The molecule has 2 rings (SSSR count). The Balaban J connectivity index is 1.83. The zero-order valence-electron chi connectivity index (χ0n) is 14.0. The number of ether oxygens (including phenoxy) is 1. The van der Waals surface area contributed by atoms with E-state index in [2.05, 4.69) is 21.7 Å². The SMILES string of the molecule is Cc1ccc(NC2CCCC2CNC(=O)OC(C)(C)C)cn1. The Morgan fingerprint density at radius 1 is 1.36 bits per heavy atom. The fourth-order valence-electron chi connectivity index (χ4n) is 2.77. The van der Waals surface area contributed by atoms with E-state index in [1.807, 2.05) is 40.0 Å². The van der Waals surface area contributed by atoms with Crippen LogP contribution in [0.25, 0.3) is 0 Å². The molecule has 2 atom stereocenters. The highest BCUT2D eigenvalue weighted by atomic mass is 16.6. The first-order chi connectivity index (χ1) is 10.3. The van der Waals surface area contributed by atoms with Crippen LogP contribution in [0.3, 0.4) is 0 Å². The maximum Gasteiger partial charge on any atom is 0.407 e. The van der Waals surface area contributed by atoms with E-state index >= 15 is 0 Å². The fraction of sp³-hybridized carbons (Fsp3) is 0.647. The van der Waals surface area contributed by atoms with E-state index in [0.29, 0.717) is 18.5 Å². The van der Waals surface area contributed by atoms with Gasteiger partial charge in [-0.1, -0.05) is 6.42 Å². The smallest absolute Gasteiger partial charge is 0.407 e. The van der Waals surface area contributed by atoms with Gasteiger partial charge in [-0.2, -0.15) is 0 Å². The number of amides is 1. The van der Waals surface area contributed by atoms with Crippen molar-refractivity contribution >= 4 is 11.8 Å². The van der Waals surface area contributed by atoms with E-state index < -0.39 is 5.60 Å². The molecule has 1 aromatic heterocycles. The second-order valence-corrected chi connectivity index (χ2v) is 7.01. The number of nitrogens with zero attached hydrogens (tertiary/aromatic N) is 1. The number of anilines is 1. The van der Waals surface area contributed by atoms with Gasteiger partial charge in [0.05, 0.1) is 11.9 Å². The van der Waals surface area contributed by atoms with E-state index in [1.54, 1.807) is 0 Å². The molecule has 0 aromatic carbocycles. The molecule has 1 amide bonds. The Bertz CT molecular complexity index is 494. The van der Waals surface area contributed by atoms with Crippen LogP contribution in [0.1, 0.15) is 45.7 Å². The number of pyridine rings is 1. The van der Waals surface area contributed by atoms with Crippen molar-refractivity contribution in [3.8, 4) is 0 Å². The molecular formula is C17H27N3O2. The second-order valence-electron chi connectivity index (χ2n) is 7.01. The van der Waals surface area contributed by atoms with Gasteiger partial charge in [0.25, 0.3) is 0 Å². The highest BCUT2D eigenvalue weighted by molar-refractivity contribution is 5.67. The molecule has 0 saturated heterocycles. The Kier molecular flexibility index (Phi) is 5.27. The summed E-state index contributed by atoms with van der Waals surface area (Å²) >= 11 is 0. The van der Waals surface area contributed by atoms with Crippen molar-refractivity contribution in [2.24, 2.45) is 5.92 Å². The predicted molar refractivity (Wildman–Crippen MR) is 88.0 cm³/mol. The van der Waals surface area contributed by atoms with Crippen molar-refractivity contribution < 1.29 is 9.53 Å². The van der Waals surface area contributed by atoms with Crippen LogP contribution in [0.4, 0.5) is 10.5 Å². The van der Waals surface area contributed by atoms with Gasteiger partial charge < -0.3 is 15.4 Å². The topological polar surface area (TPSA) is 63.2 Å². The van der Waals surface area contributed by atoms with Gasteiger partial charge in [0.2, 0.25) is 0 Å². The molecule has 5 heteroatoms. The van der Waals surface area contributed by atoms with E-state index in [1.165, 1.54) is 6.42 Å². The molecule has 2 N–H and O–H groups in total. The minimum atomic E-state index is -0.453. The third-order valence-electron chi connectivity index (χ3n) is 3.83. The normalized spacial score (nSPS) is 21.5. The van der Waals surface area contributed by atoms with E-state index in [4.69, 9.17) is 4.74 Å². The molecule has 0 spiro atoms. The lowest BCUT2D eigenvalue weighted by Crippen LogP contribution is -2.38. The number of rotatable bonds is 4. The number of carbonyl (C=O) groups is 1. The van der Waals surface area contributed by atoms with Crippen molar-refractivity contribution in [3.63, 3.8) is 0 Å². The predicted octanol–water partition coefficient (Wildman–Crippen LogP) is 3.50.